The molecule has 0 aromatic heterocycles. The smallest absolute Gasteiger partial charge is 0.300 e. The van der Waals surface area contributed by atoms with Gasteiger partial charge in [0.2, 0.25) is 5.91 Å². The zero-order valence-corrected chi connectivity index (χ0v) is 10.3. The maximum absolute atomic E-state index is 13.7. The standard InChI is InChI=1S/C13H10F2N2O3/c1-2-3-16-10(18)6-17-11-8(12(19)13(17)20)4-7(14)5-9(11)15/h2,4-5H,1,3,6H2,(H,16,18). The molecule has 0 radical (unpaired) electrons. The summed E-state index contributed by atoms with van der Waals surface area (Å²) in [7, 11) is 0. The molecule has 5 nitrogen and oxygen atoms in total. The molecule has 20 heavy (non-hydrogen) atoms. The molecule has 2 rings (SSSR count). The first-order valence-corrected chi connectivity index (χ1v) is 5.68. The first-order valence-electron chi connectivity index (χ1n) is 5.68. The van der Waals surface area contributed by atoms with Crippen LogP contribution in [0.5, 0.6) is 0 Å². The average molecular weight is 280 g/mol. The topological polar surface area (TPSA) is 66.5 Å². The van der Waals surface area contributed by atoms with Crippen LogP contribution in [0.15, 0.2) is 24.8 Å². The number of anilines is 1. The molecule has 1 aliphatic heterocycles. The van der Waals surface area contributed by atoms with Crippen LogP contribution in [0.4, 0.5) is 14.5 Å². The van der Waals surface area contributed by atoms with E-state index >= 15 is 0 Å². The Labute approximate surface area is 112 Å². The van der Waals surface area contributed by atoms with Gasteiger partial charge < -0.3 is 5.32 Å². The first-order chi connectivity index (χ1) is 9.45. The Hall–Kier alpha value is -2.57. The van der Waals surface area contributed by atoms with Gasteiger partial charge in [-0.2, -0.15) is 0 Å². The van der Waals surface area contributed by atoms with Crippen molar-refractivity contribution in [2.45, 2.75) is 0 Å². The van der Waals surface area contributed by atoms with Crippen LogP contribution in [0.25, 0.3) is 0 Å². The molecule has 104 valence electrons. The van der Waals surface area contributed by atoms with Crippen molar-refractivity contribution in [2.24, 2.45) is 0 Å². The van der Waals surface area contributed by atoms with Gasteiger partial charge in [-0.05, 0) is 6.07 Å². The number of nitrogens with one attached hydrogen (secondary N) is 1. The van der Waals surface area contributed by atoms with Crippen LogP contribution >= 0.6 is 0 Å². The average Bonchev–Trinajstić information content (AvgIpc) is 2.62. The van der Waals surface area contributed by atoms with E-state index in [1.165, 1.54) is 6.08 Å². The van der Waals surface area contributed by atoms with Crippen LogP contribution in [0.3, 0.4) is 0 Å². The number of ketones is 1. The molecule has 1 aromatic carbocycles. The Balaban J connectivity index is 2.33. The highest BCUT2D eigenvalue weighted by molar-refractivity contribution is 6.52. The lowest BCUT2D eigenvalue weighted by Crippen LogP contribution is -2.40. The lowest BCUT2D eigenvalue weighted by atomic mass is 10.1. The number of carbonyl (C=O) groups excluding carboxylic acids is 3. The fourth-order valence-electron chi connectivity index (χ4n) is 1.89. The van der Waals surface area contributed by atoms with Gasteiger partial charge in [-0.15, -0.1) is 6.58 Å². The second-order valence-electron chi connectivity index (χ2n) is 4.10. The molecule has 0 fully saturated rings. The van der Waals surface area contributed by atoms with E-state index in [1.807, 2.05) is 0 Å². The molecule has 1 N–H and O–H groups in total. The molecule has 0 unspecified atom stereocenters. The molecule has 1 aliphatic rings. The van der Waals surface area contributed by atoms with Crippen LogP contribution < -0.4 is 10.2 Å². The van der Waals surface area contributed by atoms with Gasteiger partial charge in [0.15, 0.2) is 5.82 Å². The van der Waals surface area contributed by atoms with Crippen molar-refractivity contribution >= 4 is 23.3 Å². The summed E-state index contributed by atoms with van der Waals surface area (Å²) in [5, 5.41) is 2.40. The van der Waals surface area contributed by atoms with E-state index in [-0.39, 0.29) is 17.8 Å². The monoisotopic (exact) mass is 280 g/mol. The fourth-order valence-corrected chi connectivity index (χ4v) is 1.89. The summed E-state index contributed by atoms with van der Waals surface area (Å²) in [5.41, 5.74) is -0.737. The fraction of sp³-hybridized carbons (Fsp3) is 0.154. The summed E-state index contributed by atoms with van der Waals surface area (Å²) < 4.78 is 26.8. The van der Waals surface area contributed by atoms with Gasteiger partial charge in [0.05, 0.1) is 11.3 Å². The second-order valence-corrected chi connectivity index (χ2v) is 4.10. The molecule has 2 amide bonds. The quantitative estimate of drug-likeness (QED) is 0.655. The van der Waals surface area contributed by atoms with E-state index in [2.05, 4.69) is 11.9 Å². The highest BCUT2D eigenvalue weighted by Gasteiger charge is 2.39. The van der Waals surface area contributed by atoms with Crippen LogP contribution in [-0.2, 0) is 9.59 Å². The van der Waals surface area contributed by atoms with Crippen LogP contribution in [0.1, 0.15) is 10.4 Å². The van der Waals surface area contributed by atoms with Crippen molar-refractivity contribution in [1.29, 1.82) is 0 Å². The molecule has 0 bridgehead atoms. The van der Waals surface area contributed by atoms with Gasteiger partial charge in [-0.1, -0.05) is 6.08 Å². The minimum absolute atomic E-state index is 0.174. The summed E-state index contributed by atoms with van der Waals surface area (Å²) in [6.45, 7) is 3.05. The molecule has 7 heteroatoms. The Kier molecular flexibility index (Phi) is 3.60. The highest BCUT2D eigenvalue weighted by atomic mass is 19.1. The normalized spacial score (nSPS) is 13.4. The van der Waals surface area contributed by atoms with Crippen molar-refractivity contribution in [3.05, 3.63) is 42.0 Å². The van der Waals surface area contributed by atoms with Crippen molar-refractivity contribution < 1.29 is 23.2 Å². The third-order valence-corrected chi connectivity index (χ3v) is 2.73. The summed E-state index contributed by atoms with van der Waals surface area (Å²) in [4.78, 5) is 35.6. The summed E-state index contributed by atoms with van der Waals surface area (Å²) in [5.74, 6) is -4.69. The Morgan fingerprint density at radius 1 is 1.35 bits per heavy atom. The molecule has 0 aliphatic carbocycles. The Morgan fingerprint density at radius 2 is 2.05 bits per heavy atom. The second kappa shape index (κ2) is 5.20. The van der Waals surface area contributed by atoms with Gasteiger partial charge in [-0.25, -0.2) is 8.78 Å². The number of carbonyl (C=O) groups is 3. The first kappa shape index (κ1) is 13.9. The van der Waals surface area contributed by atoms with Crippen molar-refractivity contribution in [2.75, 3.05) is 18.0 Å². The predicted octanol–water partition coefficient (Wildman–Crippen LogP) is 0.796. The zero-order chi connectivity index (χ0) is 14.9. The van der Waals surface area contributed by atoms with E-state index in [0.717, 1.165) is 6.07 Å². The Morgan fingerprint density at radius 3 is 2.70 bits per heavy atom. The predicted molar refractivity (Wildman–Crippen MR) is 66.2 cm³/mol. The van der Waals surface area contributed by atoms with Gasteiger partial charge >= 0.3 is 0 Å². The molecular weight excluding hydrogens is 270 g/mol. The number of amides is 2. The summed E-state index contributed by atoms with van der Waals surface area (Å²) >= 11 is 0. The molecule has 0 saturated carbocycles. The minimum atomic E-state index is -1.06. The van der Waals surface area contributed by atoms with Gasteiger partial charge in [-0.3, -0.25) is 19.3 Å². The zero-order valence-electron chi connectivity index (χ0n) is 10.3. The molecule has 0 saturated heterocycles. The number of halogens is 2. The van der Waals surface area contributed by atoms with Crippen molar-refractivity contribution in [1.82, 2.24) is 5.32 Å². The largest absolute Gasteiger partial charge is 0.351 e. The summed E-state index contributed by atoms with van der Waals surface area (Å²) in [6, 6.07) is 1.33. The lowest BCUT2D eigenvalue weighted by Gasteiger charge is -2.16. The number of hydrogen-bond donors (Lipinski definition) is 1. The third kappa shape index (κ3) is 2.29. The van der Waals surface area contributed by atoms with E-state index < -0.39 is 35.8 Å². The van der Waals surface area contributed by atoms with Gasteiger partial charge in [0.1, 0.15) is 12.4 Å². The molecule has 1 aromatic rings. The number of Topliss-reactive ketones (excluding diaryl/α,β-unsaturated/α-hetero) is 1. The maximum Gasteiger partial charge on any atom is 0.300 e. The third-order valence-electron chi connectivity index (χ3n) is 2.73. The molecular formula is C13H10F2N2O3. The molecule has 0 atom stereocenters. The van der Waals surface area contributed by atoms with Crippen molar-refractivity contribution in [3.8, 4) is 0 Å². The van der Waals surface area contributed by atoms with E-state index in [0.29, 0.717) is 11.0 Å². The number of fused-ring (bicyclic) bond motifs is 1. The number of nitrogens with zero attached hydrogens (tertiary/aromatic N) is 1. The SMILES string of the molecule is C=CCNC(=O)CN1C(=O)C(=O)c2cc(F)cc(F)c21. The lowest BCUT2D eigenvalue weighted by molar-refractivity contribution is -0.122. The van der Waals surface area contributed by atoms with Gasteiger partial charge in [0, 0.05) is 12.6 Å². The van der Waals surface area contributed by atoms with Crippen LogP contribution in [0, 0.1) is 11.6 Å². The number of benzene rings is 1. The van der Waals surface area contributed by atoms with Gasteiger partial charge in [0.25, 0.3) is 11.7 Å². The minimum Gasteiger partial charge on any atom is -0.351 e. The van der Waals surface area contributed by atoms with Crippen LogP contribution in [0.2, 0.25) is 0 Å². The maximum atomic E-state index is 13.7. The highest BCUT2D eigenvalue weighted by Crippen LogP contribution is 2.32. The number of hydrogen-bond acceptors (Lipinski definition) is 3. The van der Waals surface area contributed by atoms with E-state index in [1.54, 1.807) is 0 Å². The molecule has 1 heterocycles. The van der Waals surface area contributed by atoms with E-state index in [4.69, 9.17) is 0 Å². The van der Waals surface area contributed by atoms with Crippen LogP contribution in [-0.4, -0.2) is 30.7 Å². The Bertz CT molecular complexity index is 628. The number of rotatable bonds is 4. The van der Waals surface area contributed by atoms with Crippen molar-refractivity contribution in [3.63, 3.8) is 0 Å². The summed E-state index contributed by atoms with van der Waals surface area (Å²) in [6.07, 6.45) is 1.43. The molecule has 0 spiro atoms. The van der Waals surface area contributed by atoms with E-state index in [9.17, 15) is 23.2 Å².